The van der Waals surface area contributed by atoms with Crippen molar-refractivity contribution in [2.45, 2.75) is 25.5 Å². The van der Waals surface area contributed by atoms with Crippen LogP contribution in [0, 0.1) is 0 Å². The summed E-state index contributed by atoms with van der Waals surface area (Å²) >= 11 is 5.81. The van der Waals surface area contributed by atoms with Gasteiger partial charge in [-0.2, -0.15) is 17.9 Å². The summed E-state index contributed by atoms with van der Waals surface area (Å²) in [6.45, 7) is 5.66. The molecule has 0 aromatic heterocycles. The third-order valence-corrected chi connectivity index (χ3v) is 3.25. The molecule has 0 spiro atoms. The first kappa shape index (κ1) is 15.7. The van der Waals surface area contributed by atoms with E-state index in [-0.39, 0.29) is 18.2 Å². The minimum Gasteiger partial charge on any atom is -0.234 e. The fraction of sp³-hybridized carbons (Fsp3) is 0.364. The Bertz CT molecular complexity index is 399. The minimum atomic E-state index is -1.22. The maximum atomic E-state index is 11.6. The van der Waals surface area contributed by atoms with Gasteiger partial charge >= 0.3 is 0 Å². The average Bonchev–Trinajstić information content (AvgIpc) is 2.12. The first-order valence-corrected chi connectivity index (χ1v) is 6.10. The molecular weight excluding hydrogens is 262 g/mol. The lowest BCUT2D eigenvalue weighted by Gasteiger charge is -2.12. The Morgan fingerprint density at radius 2 is 2.00 bits per heavy atom. The molecule has 0 radical (unpaired) electrons. The molecular formula is C11H16ClNOS2. The normalized spacial score (nSPS) is 13.5. The lowest BCUT2D eigenvalue weighted by Crippen LogP contribution is -2.19. The van der Waals surface area contributed by atoms with E-state index in [9.17, 15) is 4.21 Å². The number of nitrogens with zero attached hydrogens (tertiary/aromatic N) is 1. The van der Waals surface area contributed by atoms with Crippen molar-refractivity contribution in [1.82, 2.24) is 0 Å². The van der Waals surface area contributed by atoms with E-state index in [2.05, 4.69) is 4.40 Å². The van der Waals surface area contributed by atoms with Gasteiger partial charge in [-0.15, -0.1) is 0 Å². The molecule has 0 aliphatic carbocycles. The molecule has 0 saturated heterocycles. The molecule has 1 rings (SSSR count). The van der Waals surface area contributed by atoms with Crippen LogP contribution in [0.2, 0.25) is 5.02 Å². The van der Waals surface area contributed by atoms with Crippen molar-refractivity contribution in [2.24, 2.45) is 4.40 Å². The van der Waals surface area contributed by atoms with E-state index in [1.807, 2.05) is 32.9 Å². The zero-order valence-corrected chi connectivity index (χ0v) is 12.1. The molecule has 1 unspecified atom stereocenters. The highest BCUT2D eigenvalue weighted by Gasteiger charge is 2.17. The molecule has 0 amide bonds. The van der Waals surface area contributed by atoms with Gasteiger partial charge in [0.1, 0.15) is 11.0 Å². The molecule has 0 N–H and O–H groups in total. The first-order valence-electron chi connectivity index (χ1n) is 4.61. The third-order valence-electron chi connectivity index (χ3n) is 1.67. The fourth-order valence-electron chi connectivity index (χ4n) is 0.854. The SMILES string of the molecule is CC(C)(C)S(=O)N=Cc1cccc(Cl)c1.S. The topological polar surface area (TPSA) is 29.4 Å². The smallest absolute Gasteiger partial charge is 0.144 e. The maximum absolute atomic E-state index is 11.6. The highest BCUT2D eigenvalue weighted by Crippen LogP contribution is 2.13. The predicted molar refractivity (Wildman–Crippen MR) is 77.3 cm³/mol. The van der Waals surface area contributed by atoms with Gasteiger partial charge in [-0.25, -0.2) is 4.21 Å². The lowest BCUT2D eigenvalue weighted by molar-refractivity contribution is 0.651. The summed E-state index contributed by atoms with van der Waals surface area (Å²) in [7, 11) is -1.22. The summed E-state index contributed by atoms with van der Waals surface area (Å²) in [6.07, 6.45) is 1.59. The van der Waals surface area contributed by atoms with Crippen LogP contribution in [0.15, 0.2) is 28.7 Å². The molecule has 0 aliphatic rings. The zero-order chi connectivity index (χ0) is 11.5. The second kappa shape index (κ2) is 6.42. The quantitative estimate of drug-likeness (QED) is 0.763. The predicted octanol–water partition coefficient (Wildman–Crippen LogP) is 3.33. The molecule has 0 fully saturated rings. The van der Waals surface area contributed by atoms with E-state index in [4.69, 9.17) is 11.6 Å². The molecule has 0 aliphatic heterocycles. The number of hydrogen-bond donors (Lipinski definition) is 0. The van der Waals surface area contributed by atoms with Crippen LogP contribution in [-0.2, 0) is 11.0 Å². The first-order chi connectivity index (χ1) is 6.89. The van der Waals surface area contributed by atoms with Crippen LogP contribution in [0.3, 0.4) is 0 Å². The van der Waals surface area contributed by atoms with Crippen molar-refractivity contribution < 1.29 is 4.21 Å². The Morgan fingerprint density at radius 1 is 1.38 bits per heavy atom. The molecule has 0 heterocycles. The Balaban J connectivity index is 0.00000225. The third kappa shape index (κ3) is 5.14. The number of benzene rings is 1. The molecule has 1 aromatic rings. The summed E-state index contributed by atoms with van der Waals surface area (Å²) in [6, 6.07) is 7.28. The van der Waals surface area contributed by atoms with Crippen LogP contribution in [0.25, 0.3) is 0 Å². The highest BCUT2D eigenvalue weighted by molar-refractivity contribution is 7.85. The molecule has 1 atom stereocenters. The standard InChI is InChI=1S/C11H14ClNOS.H2S/c1-11(2,3)15(14)13-8-9-5-4-6-10(12)7-9;/h4-8H,1-3H3;1H2. The van der Waals surface area contributed by atoms with Crippen LogP contribution in [0.4, 0.5) is 0 Å². The monoisotopic (exact) mass is 277 g/mol. The molecule has 0 saturated carbocycles. The minimum absolute atomic E-state index is 0. The van der Waals surface area contributed by atoms with Gasteiger partial charge in [0.15, 0.2) is 0 Å². The summed E-state index contributed by atoms with van der Waals surface area (Å²) in [5, 5.41) is 0.653. The van der Waals surface area contributed by atoms with Crippen molar-refractivity contribution >= 4 is 42.3 Å². The van der Waals surface area contributed by atoms with E-state index < -0.39 is 11.0 Å². The van der Waals surface area contributed by atoms with Crippen LogP contribution in [0.1, 0.15) is 26.3 Å². The number of hydrogen-bond acceptors (Lipinski definition) is 1. The zero-order valence-electron chi connectivity index (χ0n) is 9.53. The van der Waals surface area contributed by atoms with Gasteiger partial charge in [0, 0.05) is 11.2 Å². The molecule has 1 aromatic carbocycles. The van der Waals surface area contributed by atoms with Crippen LogP contribution >= 0.6 is 25.1 Å². The summed E-state index contributed by atoms with van der Waals surface area (Å²) < 4.78 is 15.3. The summed E-state index contributed by atoms with van der Waals surface area (Å²) in [5.41, 5.74) is 0.861. The summed E-state index contributed by atoms with van der Waals surface area (Å²) in [5.74, 6) is 0. The molecule has 5 heteroatoms. The summed E-state index contributed by atoms with van der Waals surface area (Å²) in [4.78, 5) is 0. The molecule has 0 bridgehead atoms. The van der Waals surface area contributed by atoms with Crippen LogP contribution < -0.4 is 0 Å². The van der Waals surface area contributed by atoms with E-state index >= 15 is 0 Å². The van der Waals surface area contributed by atoms with E-state index in [0.29, 0.717) is 5.02 Å². The highest BCUT2D eigenvalue weighted by atomic mass is 35.5. The fourth-order valence-corrected chi connectivity index (χ4v) is 1.59. The largest absolute Gasteiger partial charge is 0.234 e. The average molecular weight is 278 g/mol. The van der Waals surface area contributed by atoms with Crippen molar-refractivity contribution in [3.05, 3.63) is 34.9 Å². The maximum Gasteiger partial charge on any atom is 0.144 e. The van der Waals surface area contributed by atoms with Crippen LogP contribution in [-0.4, -0.2) is 15.2 Å². The van der Waals surface area contributed by atoms with E-state index in [1.165, 1.54) is 0 Å². The molecule has 2 nitrogen and oxygen atoms in total. The second-order valence-electron chi connectivity index (χ2n) is 4.15. The molecule has 90 valence electrons. The van der Waals surface area contributed by atoms with Gasteiger partial charge in [0.05, 0.1) is 4.75 Å². The van der Waals surface area contributed by atoms with Gasteiger partial charge < -0.3 is 0 Å². The van der Waals surface area contributed by atoms with Gasteiger partial charge in [-0.1, -0.05) is 23.7 Å². The Kier molecular flexibility index (Phi) is 6.30. The van der Waals surface area contributed by atoms with Gasteiger partial charge in [-0.05, 0) is 38.5 Å². The Labute approximate surface area is 111 Å². The van der Waals surface area contributed by atoms with Crippen molar-refractivity contribution in [1.29, 1.82) is 0 Å². The number of rotatable bonds is 2. The van der Waals surface area contributed by atoms with Gasteiger partial charge in [0.25, 0.3) is 0 Å². The second-order valence-corrected chi connectivity index (χ2v) is 6.52. The number of halogens is 1. The van der Waals surface area contributed by atoms with Crippen molar-refractivity contribution in [3.8, 4) is 0 Å². The van der Waals surface area contributed by atoms with Gasteiger partial charge in [-0.3, -0.25) is 0 Å². The Morgan fingerprint density at radius 3 is 2.50 bits per heavy atom. The van der Waals surface area contributed by atoms with E-state index in [1.54, 1.807) is 18.3 Å². The van der Waals surface area contributed by atoms with Gasteiger partial charge in [0.2, 0.25) is 0 Å². The van der Waals surface area contributed by atoms with Crippen molar-refractivity contribution in [3.63, 3.8) is 0 Å². The Hall–Kier alpha value is -0.320. The lowest BCUT2D eigenvalue weighted by atomic mass is 10.2. The van der Waals surface area contributed by atoms with Crippen LogP contribution in [0.5, 0.6) is 0 Å². The molecule has 16 heavy (non-hydrogen) atoms. The van der Waals surface area contributed by atoms with Crippen molar-refractivity contribution in [2.75, 3.05) is 0 Å². The van der Waals surface area contributed by atoms with E-state index in [0.717, 1.165) is 5.56 Å².